The zero-order chi connectivity index (χ0) is 11.7. The highest BCUT2D eigenvalue weighted by Crippen LogP contribution is 2.43. The van der Waals surface area contributed by atoms with E-state index in [1.54, 1.807) is 14.0 Å². The highest BCUT2D eigenvalue weighted by atomic mass is 16.6. The molecule has 0 aliphatic heterocycles. The Morgan fingerprint density at radius 3 is 2.33 bits per heavy atom. The monoisotopic (exact) mass is 218 g/mol. The average molecular weight is 218 g/mol. The number of methoxy groups -OCH3 is 3. The minimum Gasteiger partial charge on any atom is -0.467 e. The van der Waals surface area contributed by atoms with Crippen LogP contribution in [-0.2, 0) is 19.0 Å². The molecule has 1 aliphatic carbocycles. The first-order chi connectivity index (χ1) is 6.93. The molecule has 0 aromatic heterocycles. The van der Waals surface area contributed by atoms with Gasteiger partial charge in [-0.05, 0) is 6.92 Å². The summed E-state index contributed by atoms with van der Waals surface area (Å²) in [5, 5.41) is 10.3. The number of carbonyl (C=O) groups is 1. The molecule has 15 heavy (non-hydrogen) atoms. The lowest BCUT2D eigenvalue weighted by Crippen LogP contribution is -2.55. The Morgan fingerprint density at radius 2 is 1.93 bits per heavy atom. The van der Waals surface area contributed by atoms with Crippen LogP contribution in [0.1, 0.15) is 19.8 Å². The fourth-order valence-corrected chi connectivity index (χ4v) is 2.11. The number of hydrogen-bond donors (Lipinski definition) is 1. The van der Waals surface area contributed by atoms with Crippen molar-refractivity contribution in [2.75, 3.05) is 21.3 Å². The quantitative estimate of drug-likeness (QED) is 0.681. The predicted octanol–water partition coefficient (Wildman–Crippen LogP) is 0.104. The summed E-state index contributed by atoms with van der Waals surface area (Å²) in [4.78, 5) is 11.6. The second-order valence-electron chi connectivity index (χ2n) is 4.05. The number of hydrogen-bond acceptors (Lipinski definition) is 5. The third kappa shape index (κ3) is 1.75. The minimum absolute atomic E-state index is 0.195. The topological polar surface area (TPSA) is 65.0 Å². The first kappa shape index (κ1) is 12.4. The molecular weight excluding hydrogens is 200 g/mol. The van der Waals surface area contributed by atoms with Crippen LogP contribution in [0.25, 0.3) is 0 Å². The molecule has 88 valence electrons. The SMILES string of the molecule is COC(=O)C1(O)CC(OC)CC1(C)OC. The Labute approximate surface area is 89.3 Å². The molecule has 0 aromatic carbocycles. The van der Waals surface area contributed by atoms with Gasteiger partial charge in [-0.1, -0.05) is 0 Å². The largest absolute Gasteiger partial charge is 0.467 e. The molecule has 0 radical (unpaired) electrons. The Bertz CT molecular complexity index is 254. The van der Waals surface area contributed by atoms with Crippen molar-refractivity contribution >= 4 is 5.97 Å². The van der Waals surface area contributed by atoms with E-state index < -0.39 is 17.2 Å². The van der Waals surface area contributed by atoms with Crippen LogP contribution in [0.3, 0.4) is 0 Å². The van der Waals surface area contributed by atoms with E-state index in [0.29, 0.717) is 6.42 Å². The molecule has 1 aliphatic rings. The van der Waals surface area contributed by atoms with Crippen LogP contribution in [0, 0.1) is 0 Å². The van der Waals surface area contributed by atoms with Crippen molar-refractivity contribution in [2.45, 2.75) is 37.1 Å². The third-order valence-electron chi connectivity index (χ3n) is 3.32. The van der Waals surface area contributed by atoms with E-state index in [2.05, 4.69) is 4.74 Å². The standard InChI is InChI=1S/C10H18O5/c1-9(15-4)5-7(13-2)6-10(9,12)8(11)14-3/h7,12H,5-6H2,1-4H3. The Kier molecular flexibility index (Phi) is 3.38. The summed E-state index contributed by atoms with van der Waals surface area (Å²) in [5.74, 6) is -0.675. The molecule has 0 spiro atoms. The second-order valence-corrected chi connectivity index (χ2v) is 4.05. The number of rotatable bonds is 3. The van der Waals surface area contributed by atoms with Crippen LogP contribution in [0.15, 0.2) is 0 Å². The molecule has 3 atom stereocenters. The molecule has 5 nitrogen and oxygen atoms in total. The van der Waals surface area contributed by atoms with E-state index in [1.807, 2.05) is 0 Å². The summed E-state index contributed by atoms with van der Waals surface area (Å²) < 4.78 is 15.0. The van der Waals surface area contributed by atoms with Crippen molar-refractivity contribution in [3.05, 3.63) is 0 Å². The van der Waals surface area contributed by atoms with Crippen molar-refractivity contribution in [1.82, 2.24) is 0 Å². The van der Waals surface area contributed by atoms with Gasteiger partial charge in [0.1, 0.15) is 5.60 Å². The summed E-state index contributed by atoms with van der Waals surface area (Å²) >= 11 is 0. The molecule has 1 saturated carbocycles. The summed E-state index contributed by atoms with van der Waals surface area (Å²) in [6, 6.07) is 0. The maximum Gasteiger partial charge on any atom is 0.341 e. The molecular formula is C10H18O5. The van der Waals surface area contributed by atoms with Gasteiger partial charge in [-0.3, -0.25) is 0 Å². The fourth-order valence-electron chi connectivity index (χ4n) is 2.11. The Balaban J connectivity index is 2.99. The van der Waals surface area contributed by atoms with Crippen LogP contribution >= 0.6 is 0 Å². The van der Waals surface area contributed by atoms with Gasteiger partial charge in [-0.15, -0.1) is 0 Å². The highest BCUT2D eigenvalue weighted by Gasteiger charge is 2.61. The van der Waals surface area contributed by atoms with E-state index in [1.165, 1.54) is 14.2 Å². The molecule has 1 N–H and O–H groups in total. The predicted molar refractivity (Wildman–Crippen MR) is 52.4 cm³/mol. The van der Waals surface area contributed by atoms with Crippen LogP contribution in [0.2, 0.25) is 0 Å². The van der Waals surface area contributed by atoms with Gasteiger partial charge in [0.15, 0.2) is 5.60 Å². The molecule has 0 bridgehead atoms. The molecule has 1 fully saturated rings. The van der Waals surface area contributed by atoms with Crippen LogP contribution in [0.4, 0.5) is 0 Å². The molecule has 5 heteroatoms. The van der Waals surface area contributed by atoms with Crippen molar-refractivity contribution < 1.29 is 24.1 Å². The zero-order valence-corrected chi connectivity index (χ0v) is 9.57. The van der Waals surface area contributed by atoms with E-state index in [4.69, 9.17) is 9.47 Å². The van der Waals surface area contributed by atoms with E-state index in [0.717, 1.165) is 0 Å². The van der Waals surface area contributed by atoms with E-state index in [-0.39, 0.29) is 12.5 Å². The van der Waals surface area contributed by atoms with E-state index in [9.17, 15) is 9.90 Å². The van der Waals surface area contributed by atoms with Gasteiger partial charge in [-0.25, -0.2) is 4.79 Å². The number of ether oxygens (including phenoxy) is 3. The zero-order valence-electron chi connectivity index (χ0n) is 9.57. The maximum absolute atomic E-state index is 11.6. The normalized spacial score (nSPS) is 40.5. The van der Waals surface area contributed by atoms with E-state index >= 15 is 0 Å². The van der Waals surface area contributed by atoms with Crippen molar-refractivity contribution in [3.8, 4) is 0 Å². The van der Waals surface area contributed by atoms with Crippen molar-refractivity contribution in [3.63, 3.8) is 0 Å². The molecule has 1 rings (SSSR count). The van der Waals surface area contributed by atoms with Crippen LogP contribution in [-0.4, -0.2) is 49.7 Å². The summed E-state index contributed by atoms with van der Waals surface area (Å²) in [6.07, 6.45) is 0.464. The molecule has 0 saturated heterocycles. The smallest absolute Gasteiger partial charge is 0.341 e. The van der Waals surface area contributed by atoms with Crippen molar-refractivity contribution in [2.24, 2.45) is 0 Å². The molecule has 3 unspecified atom stereocenters. The Hall–Kier alpha value is -0.650. The lowest BCUT2D eigenvalue weighted by molar-refractivity contribution is -0.190. The summed E-state index contributed by atoms with van der Waals surface area (Å²) in [6.45, 7) is 1.68. The number of esters is 1. The van der Waals surface area contributed by atoms with Gasteiger partial charge in [0.2, 0.25) is 0 Å². The molecule has 0 amide bonds. The van der Waals surface area contributed by atoms with Crippen molar-refractivity contribution in [1.29, 1.82) is 0 Å². The van der Waals surface area contributed by atoms with Gasteiger partial charge >= 0.3 is 5.97 Å². The average Bonchev–Trinajstić information content (AvgIpc) is 2.52. The summed E-state index contributed by atoms with van der Waals surface area (Å²) in [5.41, 5.74) is -2.59. The number of aliphatic hydroxyl groups is 1. The lowest BCUT2D eigenvalue weighted by Gasteiger charge is -2.35. The highest BCUT2D eigenvalue weighted by molar-refractivity contribution is 5.81. The van der Waals surface area contributed by atoms with Gasteiger partial charge in [-0.2, -0.15) is 0 Å². The first-order valence-electron chi connectivity index (χ1n) is 4.82. The Morgan fingerprint density at radius 1 is 1.33 bits per heavy atom. The number of carbonyl (C=O) groups excluding carboxylic acids is 1. The maximum atomic E-state index is 11.6. The van der Waals surface area contributed by atoms with Gasteiger partial charge < -0.3 is 19.3 Å². The second kappa shape index (κ2) is 4.08. The fraction of sp³-hybridized carbons (Fsp3) is 0.900. The first-order valence-corrected chi connectivity index (χ1v) is 4.82. The third-order valence-corrected chi connectivity index (χ3v) is 3.32. The van der Waals surface area contributed by atoms with Gasteiger partial charge in [0, 0.05) is 27.1 Å². The van der Waals surface area contributed by atoms with Crippen LogP contribution in [0.5, 0.6) is 0 Å². The summed E-state index contributed by atoms with van der Waals surface area (Å²) in [7, 11) is 4.26. The molecule has 0 heterocycles. The lowest BCUT2D eigenvalue weighted by atomic mass is 9.87. The molecule has 0 aromatic rings. The van der Waals surface area contributed by atoms with Gasteiger partial charge in [0.05, 0.1) is 13.2 Å². The van der Waals surface area contributed by atoms with Gasteiger partial charge in [0.25, 0.3) is 0 Å². The minimum atomic E-state index is -1.63. The van der Waals surface area contributed by atoms with Crippen LogP contribution < -0.4 is 0 Å².